The van der Waals surface area contributed by atoms with Crippen molar-refractivity contribution in [1.29, 1.82) is 0 Å². The molecule has 68 valence electrons. The molecule has 1 N–H and O–H groups in total. The van der Waals surface area contributed by atoms with Crippen LogP contribution in [-0.4, -0.2) is 27.4 Å². The van der Waals surface area contributed by atoms with Gasteiger partial charge in [0.25, 0.3) is 0 Å². The molecule has 0 aromatic heterocycles. The van der Waals surface area contributed by atoms with Gasteiger partial charge in [0.15, 0.2) is 0 Å². The number of sulfonamides is 1. The number of halogens is 1. The lowest BCUT2D eigenvalue weighted by Crippen LogP contribution is -2.30. The summed E-state index contributed by atoms with van der Waals surface area (Å²) in [6.45, 7) is 3.33. The van der Waals surface area contributed by atoms with E-state index in [9.17, 15) is 12.8 Å². The highest BCUT2D eigenvalue weighted by atomic mass is 32.2. The topological polar surface area (TPSA) is 46.2 Å². The molecule has 0 radical (unpaired) electrons. The van der Waals surface area contributed by atoms with Crippen LogP contribution in [0.15, 0.2) is 0 Å². The van der Waals surface area contributed by atoms with E-state index in [1.165, 1.54) is 0 Å². The minimum absolute atomic E-state index is 0.254. The molecule has 11 heavy (non-hydrogen) atoms. The monoisotopic (exact) mass is 183 g/mol. The van der Waals surface area contributed by atoms with Gasteiger partial charge in [-0.25, -0.2) is 17.5 Å². The second kappa shape index (κ2) is 4.66. The van der Waals surface area contributed by atoms with Gasteiger partial charge in [0, 0.05) is 6.54 Å². The van der Waals surface area contributed by atoms with Crippen molar-refractivity contribution in [2.75, 3.05) is 19.0 Å². The molecule has 0 aliphatic rings. The van der Waals surface area contributed by atoms with Gasteiger partial charge in [0.2, 0.25) is 10.0 Å². The average molecular weight is 183 g/mol. The van der Waals surface area contributed by atoms with Crippen LogP contribution in [-0.2, 0) is 10.0 Å². The first-order valence-corrected chi connectivity index (χ1v) is 5.16. The Hall–Kier alpha value is -0.160. The van der Waals surface area contributed by atoms with Gasteiger partial charge < -0.3 is 0 Å². The number of hydrogen-bond acceptors (Lipinski definition) is 2. The van der Waals surface area contributed by atoms with Crippen LogP contribution in [0.5, 0.6) is 0 Å². The van der Waals surface area contributed by atoms with Crippen molar-refractivity contribution in [3.05, 3.63) is 0 Å². The molecule has 0 spiro atoms. The first kappa shape index (κ1) is 10.8. The summed E-state index contributed by atoms with van der Waals surface area (Å²) >= 11 is 0. The zero-order valence-electron chi connectivity index (χ0n) is 6.80. The van der Waals surface area contributed by atoms with Gasteiger partial charge >= 0.3 is 0 Å². The molecule has 0 bridgehead atoms. The molecule has 0 aromatic rings. The third-order valence-electron chi connectivity index (χ3n) is 1.06. The predicted molar refractivity (Wildman–Crippen MR) is 42.6 cm³/mol. The number of hydrogen-bond donors (Lipinski definition) is 1. The van der Waals surface area contributed by atoms with E-state index in [1.54, 1.807) is 0 Å². The van der Waals surface area contributed by atoms with E-state index in [4.69, 9.17) is 0 Å². The Kier molecular flexibility index (Phi) is 4.60. The fourth-order valence-corrected chi connectivity index (χ4v) is 1.40. The van der Waals surface area contributed by atoms with Crippen LogP contribution in [0.3, 0.4) is 0 Å². The highest BCUT2D eigenvalue weighted by Gasteiger charge is 2.08. The Labute approximate surface area is 67.0 Å². The summed E-state index contributed by atoms with van der Waals surface area (Å²) in [4.78, 5) is 0. The molecule has 0 rings (SSSR count). The molecule has 0 aliphatic heterocycles. The molecule has 0 amide bonds. The second-order valence-corrected chi connectivity index (χ2v) is 4.68. The highest BCUT2D eigenvalue weighted by Crippen LogP contribution is 1.91. The van der Waals surface area contributed by atoms with Gasteiger partial charge in [-0.1, -0.05) is 13.8 Å². The maximum absolute atomic E-state index is 11.6. The zero-order valence-corrected chi connectivity index (χ0v) is 7.62. The number of nitrogens with one attached hydrogen (secondary N) is 1. The average Bonchev–Trinajstić information content (AvgIpc) is 1.84. The maximum atomic E-state index is 11.6. The Balaban J connectivity index is 3.74. The summed E-state index contributed by atoms with van der Waals surface area (Å²) in [5, 5.41) is 0. The van der Waals surface area contributed by atoms with Gasteiger partial charge in [-0.05, 0) is 5.92 Å². The molecular weight excluding hydrogens is 169 g/mol. The summed E-state index contributed by atoms with van der Waals surface area (Å²) in [5.41, 5.74) is 0. The normalized spacial score (nSPS) is 12.4. The van der Waals surface area contributed by atoms with E-state index < -0.39 is 22.5 Å². The lowest BCUT2D eigenvalue weighted by Gasteiger charge is -2.06. The van der Waals surface area contributed by atoms with Crippen LogP contribution in [0.4, 0.5) is 4.39 Å². The van der Waals surface area contributed by atoms with E-state index in [-0.39, 0.29) is 5.92 Å². The molecule has 0 aliphatic carbocycles. The Morgan fingerprint density at radius 2 is 2.00 bits per heavy atom. The third-order valence-corrected chi connectivity index (χ3v) is 2.36. The molecule has 0 fully saturated rings. The predicted octanol–water partition coefficient (Wildman–Crippen LogP) is 0.531. The number of alkyl halides is 1. The van der Waals surface area contributed by atoms with E-state index in [2.05, 4.69) is 4.72 Å². The van der Waals surface area contributed by atoms with Crippen molar-refractivity contribution < 1.29 is 12.8 Å². The van der Waals surface area contributed by atoms with E-state index in [0.717, 1.165) is 0 Å². The van der Waals surface area contributed by atoms with Crippen LogP contribution in [0.1, 0.15) is 13.8 Å². The van der Waals surface area contributed by atoms with Crippen molar-refractivity contribution in [2.24, 2.45) is 5.92 Å². The molecule has 0 aromatic carbocycles. The minimum Gasteiger partial charge on any atom is -0.250 e. The first-order chi connectivity index (χ1) is 4.98. The maximum Gasteiger partial charge on any atom is 0.214 e. The van der Waals surface area contributed by atoms with Crippen LogP contribution in [0.25, 0.3) is 0 Å². The summed E-state index contributed by atoms with van der Waals surface area (Å²) in [7, 11) is -3.35. The molecule has 0 atom stereocenters. The van der Waals surface area contributed by atoms with Crippen molar-refractivity contribution in [3.8, 4) is 0 Å². The standard InChI is InChI=1S/C6H14FNO2S/c1-6(2)5-8-11(9,10)4-3-7/h6,8H,3-5H2,1-2H3. The van der Waals surface area contributed by atoms with Crippen LogP contribution < -0.4 is 4.72 Å². The lowest BCUT2D eigenvalue weighted by atomic mass is 10.2. The lowest BCUT2D eigenvalue weighted by molar-refractivity contribution is 0.509. The molecule has 0 saturated heterocycles. The zero-order chi connectivity index (χ0) is 8.91. The molecule has 0 heterocycles. The second-order valence-electron chi connectivity index (χ2n) is 2.75. The van der Waals surface area contributed by atoms with Crippen molar-refractivity contribution >= 4 is 10.0 Å². The number of rotatable bonds is 5. The van der Waals surface area contributed by atoms with Gasteiger partial charge in [0.1, 0.15) is 6.67 Å². The van der Waals surface area contributed by atoms with Crippen molar-refractivity contribution in [3.63, 3.8) is 0 Å². The Morgan fingerprint density at radius 3 is 2.36 bits per heavy atom. The molecule has 0 saturated carbocycles. The van der Waals surface area contributed by atoms with Gasteiger partial charge in [-0.15, -0.1) is 0 Å². The van der Waals surface area contributed by atoms with E-state index in [0.29, 0.717) is 6.54 Å². The Morgan fingerprint density at radius 1 is 1.45 bits per heavy atom. The summed E-state index contributed by atoms with van der Waals surface area (Å²) in [6.07, 6.45) is 0. The Bertz CT molecular complexity index is 189. The largest absolute Gasteiger partial charge is 0.250 e. The minimum atomic E-state index is -3.35. The molecule has 0 unspecified atom stereocenters. The fraction of sp³-hybridized carbons (Fsp3) is 1.00. The molecule has 5 heteroatoms. The van der Waals surface area contributed by atoms with Crippen molar-refractivity contribution in [2.45, 2.75) is 13.8 Å². The van der Waals surface area contributed by atoms with Crippen LogP contribution in [0, 0.1) is 5.92 Å². The summed E-state index contributed by atoms with van der Waals surface area (Å²) < 4.78 is 35.5. The summed E-state index contributed by atoms with van der Waals surface area (Å²) in [5.74, 6) is -0.177. The third kappa shape index (κ3) is 6.25. The highest BCUT2D eigenvalue weighted by molar-refractivity contribution is 7.89. The van der Waals surface area contributed by atoms with Crippen molar-refractivity contribution in [1.82, 2.24) is 4.72 Å². The van der Waals surface area contributed by atoms with E-state index >= 15 is 0 Å². The SMILES string of the molecule is CC(C)CNS(=O)(=O)CCF. The van der Waals surface area contributed by atoms with Gasteiger partial charge in [0.05, 0.1) is 5.75 Å². The van der Waals surface area contributed by atoms with E-state index in [1.807, 2.05) is 13.8 Å². The quantitative estimate of drug-likeness (QED) is 0.676. The first-order valence-electron chi connectivity index (χ1n) is 3.51. The van der Waals surface area contributed by atoms with Gasteiger partial charge in [-0.3, -0.25) is 0 Å². The van der Waals surface area contributed by atoms with Crippen LogP contribution in [0.2, 0.25) is 0 Å². The van der Waals surface area contributed by atoms with Crippen LogP contribution >= 0.6 is 0 Å². The molecular formula is C6H14FNO2S. The fourth-order valence-electron chi connectivity index (χ4n) is 0.467. The van der Waals surface area contributed by atoms with Gasteiger partial charge in [-0.2, -0.15) is 0 Å². The smallest absolute Gasteiger partial charge is 0.214 e. The molecule has 3 nitrogen and oxygen atoms in total. The summed E-state index contributed by atoms with van der Waals surface area (Å²) in [6, 6.07) is 0.